The molecule has 41 heavy (non-hydrogen) atoms. The van der Waals surface area contributed by atoms with Crippen molar-refractivity contribution in [2.45, 2.75) is 62.6 Å². The maximum atomic E-state index is 14.4. The number of ketones is 1. The Bertz CT molecular complexity index is 1330. The standard InChI is InChI=1S/C28H37FN4O8/c1-14-8-7-9-20(36)21(14)24(37)41-13-27(40)23(31-19-11-17(15(2)34)10-18(29)12-19)22(30)28(16(3)35,26(27,4)39)32-25(38)33(5)6/h7-12,16,22-23,31,35-36,39-40H,13,30H2,1-6H3,(H,32,38)/t16-,22-,23-,26-,27+,28-/m0/s1. The van der Waals surface area contributed by atoms with Crippen molar-refractivity contribution in [2.24, 2.45) is 5.73 Å². The summed E-state index contributed by atoms with van der Waals surface area (Å²) in [5.74, 6) is -2.64. The van der Waals surface area contributed by atoms with Crippen LogP contribution in [0.4, 0.5) is 14.9 Å². The fraction of sp³-hybridized carbons (Fsp3) is 0.464. The highest BCUT2D eigenvalue weighted by atomic mass is 19.1. The molecule has 6 atom stereocenters. The summed E-state index contributed by atoms with van der Waals surface area (Å²) < 4.78 is 19.8. The van der Waals surface area contributed by atoms with E-state index >= 15 is 0 Å². The first-order valence-corrected chi connectivity index (χ1v) is 12.8. The van der Waals surface area contributed by atoms with Gasteiger partial charge in [-0.1, -0.05) is 12.1 Å². The highest BCUT2D eigenvalue weighted by Gasteiger charge is 2.76. The van der Waals surface area contributed by atoms with Crippen LogP contribution in [-0.2, 0) is 4.74 Å². The Kier molecular flexibility index (Phi) is 8.70. The predicted molar refractivity (Wildman–Crippen MR) is 147 cm³/mol. The molecule has 13 heteroatoms. The van der Waals surface area contributed by atoms with Crippen molar-refractivity contribution in [1.29, 1.82) is 0 Å². The number of halogens is 1. The molecule has 224 valence electrons. The van der Waals surface area contributed by atoms with Gasteiger partial charge >= 0.3 is 12.0 Å². The number of esters is 1. The van der Waals surface area contributed by atoms with Crippen LogP contribution in [0, 0.1) is 12.7 Å². The average Bonchev–Trinajstić information content (AvgIpc) is 2.98. The topological polar surface area (TPSA) is 195 Å². The second-order valence-electron chi connectivity index (χ2n) is 10.8. The second kappa shape index (κ2) is 11.2. The number of phenols is 1. The van der Waals surface area contributed by atoms with Crippen molar-refractivity contribution in [3.8, 4) is 5.75 Å². The number of phenolic OH excluding ortho intramolecular Hbond substituents is 1. The number of carbonyl (C=O) groups excluding carboxylic acids is 3. The highest BCUT2D eigenvalue weighted by molar-refractivity contribution is 5.95. The van der Waals surface area contributed by atoms with E-state index in [4.69, 9.17) is 10.5 Å². The minimum atomic E-state index is -2.56. The Balaban J connectivity index is 2.16. The maximum Gasteiger partial charge on any atom is 0.342 e. The molecule has 0 saturated heterocycles. The number of hydrogen-bond acceptors (Lipinski definition) is 10. The third-order valence-corrected chi connectivity index (χ3v) is 7.93. The zero-order valence-electron chi connectivity index (χ0n) is 23.7. The van der Waals surface area contributed by atoms with Gasteiger partial charge in [0.05, 0.1) is 18.2 Å². The quantitative estimate of drug-likeness (QED) is 0.175. The SMILES string of the molecule is CC(=O)c1cc(F)cc(N[C@H]2[C@H](N)[C@@](NC(=O)N(C)C)([C@H](C)O)[C@@](C)(O)[C@@]2(O)COC(=O)c2c(C)cccc2O)c1. The van der Waals surface area contributed by atoms with Crippen LogP contribution in [0.3, 0.4) is 0 Å². The molecular weight excluding hydrogens is 539 g/mol. The molecule has 3 rings (SSSR count). The van der Waals surface area contributed by atoms with Gasteiger partial charge in [-0.15, -0.1) is 0 Å². The maximum absolute atomic E-state index is 14.4. The average molecular weight is 577 g/mol. The van der Waals surface area contributed by atoms with Gasteiger partial charge in [0.2, 0.25) is 0 Å². The van der Waals surface area contributed by atoms with Crippen LogP contribution in [0.25, 0.3) is 0 Å². The van der Waals surface area contributed by atoms with Crippen LogP contribution in [0.15, 0.2) is 36.4 Å². The van der Waals surface area contributed by atoms with Gasteiger partial charge in [0.1, 0.15) is 34.9 Å². The number of aliphatic hydroxyl groups is 3. The smallest absolute Gasteiger partial charge is 0.342 e. The van der Waals surface area contributed by atoms with E-state index in [0.717, 1.165) is 24.0 Å². The molecular formula is C28H37FN4O8. The number of aromatic hydroxyl groups is 1. The zero-order valence-corrected chi connectivity index (χ0v) is 23.7. The molecule has 0 bridgehead atoms. The number of rotatable bonds is 8. The van der Waals surface area contributed by atoms with Crippen molar-refractivity contribution >= 4 is 23.5 Å². The van der Waals surface area contributed by atoms with Crippen molar-refractivity contribution in [2.75, 3.05) is 26.0 Å². The van der Waals surface area contributed by atoms with E-state index in [1.807, 2.05) is 0 Å². The molecule has 0 unspecified atom stereocenters. The summed E-state index contributed by atoms with van der Waals surface area (Å²) in [4.78, 5) is 39.0. The van der Waals surface area contributed by atoms with Gasteiger partial charge in [-0.05, 0) is 57.5 Å². The van der Waals surface area contributed by atoms with E-state index in [2.05, 4.69) is 10.6 Å². The number of nitrogens with two attached hydrogens (primary N) is 1. The number of nitrogens with one attached hydrogen (secondary N) is 2. The summed E-state index contributed by atoms with van der Waals surface area (Å²) in [5.41, 5.74) is -0.461. The molecule has 2 aromatic carbocycles. The van der Waals surface area contributed by atoms with Gasteiger partial charge in [-0.3, -0.25) is 4.79 Å². The van der Waals surface area contributed by atoms with Gasteiger partial charge in [-0.2, -0.15) is 0 Å². The van der Waals surface area contributed by atoms with Crippen molar-refractivity contribution in [3.63, 3.8) is 0 Å². The van der Waals surface area contributed by atoms with Crippen LogP contribution >= 0.6 is 0 Å². The second-order valence-corrected chi connectivity index (χ2v) is 10.8. The first-order valence-electron chi connectivity index (χ1n) is 12.8. The van der Waals surface area contributed by atoms with Crippen LogP contribution in [0.5, 0.6) is 5.75 Å². The third-order valence-electron chi connectivity index (χ3n) is 7.93. The van der Waals surface area contributed by atoms with Crippen molar-refractivity contribution in [1.82, 2.24) is 10.2 Å². The van der Waals surface area contributed by atoms with E-state index in [-0.39, 0.29) is 22.6 Å². The van der Waals surface area contributed by atoms with Gasteiger partial charge in [-0.25, -0.2) is 14.0 Å². The molecule has 1 saturated carbocycles. The molecule has 12 nitrogen and oxygen atoms in total. The Morgan fingerprint density at radius 2 is 1.83 bits per heavy atom. The van der Waals surface area contributed by atoms with E-state index < -0.39 is 65.1 Å². The summed E-state index contributed by atoms with van der Waals surface area (Å²) in [6.45, 7) is 4.21. The van der Waals surface area contributed by atoms with Gasteiger partial charge in [0, 0.05) is 25.3 Å². The zero-order chi connectivity index (χ0) is 31.1. The lowest BCUT2D eigenvalue weighted by Gasteiger charge is -2.48. The largest absolute Gasteiger partial charge is 0.507 e. The molecule has 2 aromatic rings. The van der Waals surface area contributed by atoms with Crippen molar-refractivity contribution < 1.29 is 43.9 Å². The van der Waals surface area contributed by atoms with E-state index in [0.29, 0.717) is 5.56 Å². The molecule has 0 aliphatic heterocycles. The Morgan fingerprint density at radius 1 is 1.20 bits per heavy atom. The molecule has 0 spiro atoms. The minimum Gasteiger partial charge on any atom is -0.507 e. The fourth-order valence-corrected chi connectivity index (χ4v) is 5.49. The molecule has 1 fully saturated rings. The number of urea groups is 1. The van der Waals surface area contributed by atoms with Crippen LogP contribution in [-0.4, -0.2) is 98.7 Å². The number of aryl methyl sites for hydroxylation is 1. The first-order chi connectivity index (χ1) is 18.9. The van der Waals surface area contributed by atoms with Crippen LogP contribution in [0.2, 0.25) is 0 Å². The summed E-state index contributed by atoms with van der Waals surface area (Å²) in [6, 6.07) is 3.90. The summed E-state index contributed by atoms with van der Waals surface area (Å²) in [6.07, 6.45) is -1.59. The molecule has 1 aliphatic carbocycles. The fourth-order valence-electron chi connectivity index (χ4n) is 5.49. The number of Topliss-reactive ketones (excluding diaryl/α,β-unsaturated/α-hetero) is 1. The normalized spacial score (nSPS) is 28.1. The number of hydrogen-bond donors (Lipinski definition) is 7. The number of anilines is 1. The van der Waals surface area contributed by atoms with Crippen LogP contribution in [0.1, 0.15) is 47.1 Å². The number of ether oxygens (including phenoxy) is 1. The Hall–Kier alpha value is -3.78. The van der Waals surface area contributed by atoms with Gasteiger partial charge < -0.3 is 46.4 Å². The lowest BCUT2D eigenvalue weighted by atomic mass is 9.73. The van der Waals surface area contributed by atoms with Gasteiger partial charge in [0.15, 0.2) is 11.4 Å². The number of benzene rings is 2. The van der Waals surface area contributed by atoms with E-state index in [1.54, 1.807) is 13.0 Å². The molecule has 0 radical (unpaired) electrons. The highest BCUT2D eigenvalue weighted by Crippen LogP contribution is 2.49. The van der Waals surface area contributed by atoms with Crippen LogP contribution < -0.4 is 16.4 Å². The Labute approximate surface area is 236 Å². The summed E-state index contributed by atoms with van der Waals surface area (Å²) in [7, 11) is 2.82. The number of carbonyl (C=O) groups is 3. The lowest BCUT2D eigenvalue weighted by Crippen LogP contribution is -2.76. The lowest BCUT2D eigenvalue weighted by molar-refractivity contribution is -0.186. The molecule has 1 aliphatic rings. The minimum absolute atomic E-state index is 0.00137. The molecule has 8 N–H and O–H groups in total. The number of nitrogens with zero attached hydrogens (tertiary/aromatic N) is 1. The monoisotopic (exact) mass is 576 g/mol. The van der Waals surface area contributed by atoms with Gasteiger partial charge in [0.25, 0.3) is 0 Å². The Morgan fingerprint density at radius 3 is 2.37 bits per heavy atom. The molecule has 2 amide bonds. The summed E-state index contributed by atoms with van der Waals surface area (Å²) >= 11 is 0. The number of amides is 2. The molecule has 0 aromatic heterocycles. The van der Waals surface area contributed by atoms with E-state index in [9.17, 15) is 39.2 Å². The first kappa shape index (κ1) is 31.7. The third kappa shape index (κ3) is 5.33. The molecule has 0 heterocycles. The predicted octanol–water partition coefficient (Wildman–Crippen LogP) is 0.894. The van der Waals surface area contributed by atoms with E-state index in [1.165, 1.54) is 46.1 Å². The van der Waals surface area contributed by atoms with Crippen molar-refractivity contribution in [3.05, 3.63) is 58.9 Å². The summed E-state index contributed by atoms with van der Waals surface area (Å²) in [5, 5.41) is 50.7. The number of aliphatic hydroxyl groups excluding tert-OH is 1.